The Morgan fingerprint density at radius 1 is 1.50 bits per heavy atom. The summed E-state index contributed by atoms with van der Waals surface area (Å²) >= 11 is 0. The minimum atomic E-state index is -4.00. The van der Waals surface area contributed by atoms with E-state index in [1.165, 1.54) is 19.2 Å². The minimum Gasteiger partial charge on any atom is -0.393 e. The molecule has 0 spiro atoms. The van der Waals surface area contributed by atoms with E-state index >= 15 is 0 Å². The van der Waals surface area contributed by atoms with Crippen LogP contribution in [0.1, 0.15) is 6.92 Å². The molecule has 0 aliphatic rings. The molecule has 3 N–H and O–H groups in total. The number of nitrogens with two attached hydrogens (primary N) is 1. The molecule has 0 saturated heterocycles. The number of sulfonamides is 1. The first kappa shape index (κ1) is 16.3. The van der Waals surface area contributed by atoms with Crippen LogP contribution in [-0.2, 0) is 14.8 Å². The Morgan fingerprint density at radius 3 is 2.70 bits per heavy atom. The van der Waals surface area contributed by atoms with Crippen molar-refractivity contribution in [3.63, 3.8) is 0 Å². The Bertz CT molecular complexity index is 588. The molecule has 9 heteroatoms. The van der Waals surface area contributed by atoms with Gasteiger partial charge in [-0.25, -0.2) is 13.1 Å². The van der Waals surface area contributed by atoms with Gasteiger partial charge in [0.15, 0.2) is 4.90 Å². The lowest BCUT2D eigenvalue weighted by Crippen LogP contribution is -2.30. The summed E-state index contributed by atoms with van der Waals surface area (Å²) in [5.41, 5.74) is 4.67. The monoisotopic (exact) mass is 303 g/mol. The van der Waals surface area contributed by atoms with Crippen LogP contribution in [0.25, 0.3) is 0 Å². The van der Waals surface area contributed by atoms with E-state index in [9.17, 15) is 18.5 Å². The smallest absolute Gasteiger partial charge is 0.312 e. The number of benzene rings is 1. The lowest BCUT2D eigenvalue weighted by molar-refractivity contribution is -0.386. The molecule has 0 heterocycles. The van der Waals surface area contributed by atoms with Crippen LogP contribution < -0.4 is 10.5 Å². The molecule has 1 unspecified atom stereocenters. The summed E-state index contributed by atoms with van der Waals surface area (Å²) in [5, 5.41) is 10.9. The Labute approximate surface area is 117 Å². The largest absolute Gasteiger partial charge is 0.393 e. The van der Waals surface area contributed by atoms with Gasteiger partial charge in [0.25, 0.3) is 0 Å². The normalized spacial score (nSPS) is 13.1. The van der Waals surface area contributed by atoms with Gasteiger partial charge in [-0.15, -0.1) is 0 Å². The maximum absolute atomic E-state index is 12.1. The number of rotatable bonds is 7. The summed E-state index contributed by atoms with van der Waals surface area (Å²) in [4.78, 5) is 9.70. The lowest BCUT2D eigenvalue weighted by Gasteiger charge is -2.12. The van der Waals surface area contributed by atoms with Crippen molar-refractivity contribution in [3.8, 4) is 0 Å². The van der Waals surface area contributed by atoms with Gasteiger partial charge in [-0.05, 0) is 18.1 Å². The second kappa shape index (κ2) is 6.64. The van der Waals surface area contributed by atoms with Crippen molar-refractivity contribution >= 4 is 21.4 Å². The number of nitrogens with one attached hydrogen (secondary N) is 1. The van der Waals surface area contributed by atoms with Crippen LogP contribution >= 0.6 is 0 Å². The number of nitro benzene ring substituents is 1. The molecule has 0 aliphatic carbocycles. The van der Waals surface area contributed by atoms with Gasteiger partial charge < -0.3 is 10.5 Å². The number of ether oxygens (including phenoxy) is 1. The number of methoxy groups -OCH3 is 1. The van der Waals surface area contributed by atoms with Gasteiger partial charge in [-0.3, -0.25) is 10.1 Å². The molecule has 112 valence electrons. The molecule has 0 bridgehead atoms. The van der Waals surface area contributed by atoms with Gasteiger partial charge in [0.1, 0.15) is 5.69 Å². The molecule has 0 saturated carbocycles. The maximum atomic E-state index is 12.1. The van der Waals surface area contributed by atoms with E-state index in [4.69, 9.17) is 10.5 Å². The minimum absolute atomic E-state index is 0.0603. The van der Waals surface area contributed by atoms with Gasteiger partial charge in [0.2, 0.25) is 10.0 Å². The first-order valence-electron chi connectivity index (χ1n) is 5.81. The first-order valence-corrected chi connectivity index (χ1v) is 7.29. The van der Waals surface area contributed by atoms with Crippen molar-refractivity contribution in [2.45, 2.75) is 11.8 Å². The zero-order valence-corrected chi connectivity index (χ0v) is 12.0. The number of nitrogens with zero attached hydrogens (tertiary/aromatic N) is 1. The van der Waals surface area contributed by atoms with E-state index < -0.39 is 25.5 Å². The highest BCUT2D eigenvalue weighted by atomic mass is 32.2. The van der Waals surface area contributed by atoms with Gasteiger partial charge in [-0.2, -0.15) is 0 Å². The quantitative estimate of drug-likeness (QED) is 0.435. The number of nitro groups is 1. The van der Waals surface area contributed by atoms with Crippen molar-refractivity contribution < 1.29 is 18.1 Å². The summed E-state index contributed by atoms with van der Waals surface area (Å²) in [6.07, 6.45) is 0. The first-order chi connectivity index (χ1) is 9.29. The lowest BCUT2D eigenvalue weighted by atomic mass is 10.2. The molecule has 20 heavy (non-hydrogen) atoms. The van der Waals surface area contributed by atoms with Crippen LogP contribution in [0.5, 0.6) is 0 Å². The van der Waals surface area contributed by atoms with Gasteiger partial charge in [0, 0.05) is 20.3 Å². The van der Waals surface area contributed by atoms with Crippen LogP contribution in [0.3, 0.4) is 0 Å². The summed E-state index contributed by atoms with van der Waals surface area (Å²) < 4.78 is 31.4. The van der Waals surface area contributed by atoms with Gasteiger partial charge >= 0.3 is 5.69 Å². The summed E-state index contributed by atoms with van der Waals surface area (Å²) in [7, 11) is -2.49. The van der Waals surface area contributed by atoms with Crippen LogP contribution in [0.2, 0.25) is 0 Å². The predicted molar refractivity (Wildman–Crippen MR) is 73.7 cm³/mol. The van der Waals surface area contributed by atoms with Crippen LogP contribution in [0.15, 0.2) is 23.1 Å². The molecule has 0 amide bonds. The molecule has 0 radical (unpaired) electrons. The van der Waals surface area contributed by atoms with Crippen molar-refractivity contribution in [3.05, 3.63) is 28.3 Å². The number of anilines is 1. The molecule has 0 aliphatic heterocycles. The Balaban J connectivity index is 3.04. The van der Waals surface area contributed by atoms with E-state index in [2.05, 4.69) is 4.72 Å². The predicted octanol–water partition coefficient (Wildman–Crippen LogP) is 0.738. The molecule has 1 rings (SSSR count). The van der Waals surface area contributed by atoms with Crippen molar-refractivity contribution in [1.82, 2.24) is 4.72 Å². The summed E-state index contributed by atoms with van der Waals surface area (Å²) in [6, 6.07) is 3.79. The van der Waals surface area contributed by atoms with E-state index in [-0.39, 0.29) is 18.2 Å². The molecule has 0 fully saturated rings. The third-order valence-electron chi connectivity index (χ3n) is 2.58. The highest BCUT2D eigenvalue weighted by Crippen LogP contribution is 2.29. The second-order valence-corrected chi connectivity index (χ2v) is 6.10. The average molecular weight is 303 g/mol. The number of hydrogen-bond acceptors (Lipinski definition) is 6. The van der Waals surface area contributed by atoms with E-state index in [1.54, 1.807) is 6.92 Å². The average Bonchev–Trinajstić information content (AvgIpc) is 2.36. The van der Waals surface area contributed by atoms with Crippen molar-refractivity contribution in [2.24, 2.45) is 5.92 Å². The molecule has 1 atom stereocenters. The Hall–Kier alpha value is -1.71. The summed E-state index contributed by atoms with van der Waals surface area (Å²) in [5.74, 6) is -0.0603. The molecular weight excluding hydrogens is 286 g/mol. The fourth-order valence-electron chi connectivity index (χ4n) is 1.62. The number of nitrogen functional groups attached to an aromatic ring is 1. The fourth-order valence-corrected chi connectivity index (χ4v) is 2.99. The fraction of sp³-hybridized carbons (Fsp3) is 0.455. The van der Waals surface area contributed by atoms with Gasteiger partial charge in [0.05, 0.1) is 4.92 Å². The Kier molecular flexibility index (Phi) is 5.43. The Morgan fingerprint density at radius 2 is 2.15 bits per heavy atom. The van der Waals surface area contributed by atoms with Crippen LogP contribution in [0.4, 0.5) is 11.4 Å². The molecule has 0 aromatic heterocycles. The number of para-hydroxylation sites is 1. The van der Waals surface area contributed by atoms with Crippen LogP contribution in [0, 0.1) is 16.0 Å². The second-order valence-electron chi connectivity index (χ2n) is 4.36. The topological polar surface area (TPSA) is 125 Å². The third-order valence-corrected chi connectivity index (χ3v) is 4.03. The zero-order chi connectivity index (χ0) is 15.3. The third kappa shape index (κ3) is 3.89. The van der Waals surface area contributed by atoms with Crippen molar-refractivity contribution in [2.75, 3.05) is 26.0 Å². The zero-order valence-electron chi connectivity index (χ0n) is 11.2. The highest BCUT2D eigenvalue weighted by Gasteiger charge is 2.28. The van der Waals surface area contributed by atoms with Crippen LogP contribution in [-0.4, -0.2) is 33.6 Å². The van der Waals surface area contributed by atoms with Crippen molar-refractivity contribution in [1.29, 1.82) is 0 Å². The van der Waals surface area contributed by atoms with Gasteiger partial charge in [-0.1, -0.05) is 13.0 Å². The molecular formula is C11H17N3O5S. The molecule has 1 aromatic rings. The van der Waals surface area contributed by atoms with E-state index in [1.807, 2.05) is 0 Å². The standard InChI is InChI=1S/C11H17N3O5S/c1-8(7-19-2)6-13-20(17,18)10-5-3-4-9(12)11(10)14(15)16/h3-5,8,13H,6-7,12H2,1-2H3. The highest BCUT2D eigenvalue weighted by molar-refractivity contribution is 7.89. The van der Waals surface area contributed by atoms with E-state index in [0.29, 0.717) is 6.61 Å². The molecule has 1 aromatic carbocycles. The number of hydrogen-bond donors (Lipinski definition) is 2. The van der Waals surface area contributed by atoms with E-state index in [0.717, 1.165) is 6.07 Å². The maximum Gasteiger partial charge on any atom is 0.312 e. The summed E-state index contributed by atoms with van der Waals surface area (Å²) in [6.45, 7) is 2.28. The SMILES string of the molecule is COCC(C)CNS(=O)(=O)c1cccc(N)c1[N+](=O)[O-]. The molecule has 8 nitrogen and oxygen atoms in total.